The van der Waals surface area contributed by atoms with Crippen LogP contribution >= 0.6 is 0 Å². The van der Waals surface area contributed by atoms with Crippen LogP contribution in [0.15, 0.2) is 77.8 Å². The van der Waals surface area contributed by atoms with Gasteiger partial charge in [-0.2, -0.15) is 0 Å². The van der Waals surface area contributed by atoms with Crippen LogP contribution in [0.1, 0.15) is 63.6 Å². The minimum atomic E-state index is -1.11. The number of alkyl carbamates (subject to hydrolysis) is 2. The maximum atomic E-state index is 14.1. The predicted molar refractivity (Wildman–Crippen MR) is 184 cm³/mol. The Morgan fingerprint density at radius 1 is 0.980 bits per heavy atom. The van der Waals surface area contributed by atoms with E-state index in [4.69, 9.17) is 15.2 Å². The molecule has 1 fully saturated rings. The Labute approximate surface area is 285 Å². The predicted octanol–water partition coefficient (Wildman–Crippen LogP) is 4.10. The van der Waals surface area contributed by atoms with Crippen molar-refractivity contribution in [2.45, 2.75) is 76.8 Å². The molecular formula is C36H44N6O7. The zero-order valence-corrected chi connectivity index (χ0v) is 28.0. The topological polar surface area (TPSA) is 182 Å². The maximum absolute atomic E-state index is 14.1. The van der Waals surface area contributed by atoms with Gasteiger partial charge in [-0.25, -0.2) is 9.59 Å². The Hall–Kier alpha value is -5.46. The first kappa shape index (κ1) is 36.4. The van der Waals surface area contributed by atoms with Gasteiger partial charge in [0.2, 0.25) is 5.91 Å². The second kappa shape index (κ2) is 17.1. The summed E-state index contributed by atoms with van der Waals surface area (Å²) in [5.74, 6) is -1.06. The van der Waals surface area contributed by atoms with Gasteiger partial charge in [-0.15, -0.1) is 0 Å². The molecule has 1 aliphatic rings. The minimum Gasteiger partial charge on any atom is -0.444 e. The number of nitrogens with two attached hydrogens (primary N) is 1. The Bertz CT molecular complexity index is 1660. The van der Waals surface area contributed by atoms with Crippen LogP contribution in [0.4, 0.5) is 9.59 Å². The molecule has 0 aliphatic carbocycles. The minimum absolute atomic E-state index is 0.0784. The van der Waals surface area contributed by atoms with E-state index in [1.807, 2.05) is 66.7 Å². The molecule has 0 saturated carbocycles. The van der Waals surface area contributed by atoms with Crippen molar-refractivity contribution in [1.29, 1.82) is 0 Å². The summed E-state index contributed by atoms with van der Waals surface area (Å²) in [7, 11) is 0. The lowest BCUT2D eigenvalue weighted by molar-refractivity contribution is -0.140. The summed E-state index contributed by atoms with van der Waals surface area (Å²) in [5.41, 5.74) is 6.36. The summed E-state index contributed by atoms with van der Waals surface area (Å²) in [6.45, 7) is 5.75. The molecule has 0 bridgehead atoms. The largest absolute Gasteiger partial charge is 0.444 e. The van der Waals surface area contributed by atoms with E-state index in [9.17, 15) is 24.0 Å². The molecule has 4 amide bonds. The van der Waals surface area contributed by atoms with E-state index < -0.39 is 47.7 Å². The highest BCUT2D eigenvalue weighted by Crippen LogP contribution is 2.27. The number of ether oxygens (including phenoxy) is 2. The highest BCUT2D eigenvalue weighted by atomic mass is 16.6. The normalized spacial score (nSPS) is 15.9. The lowest BCUT2D eigenvalue weighted by Gasteiger charge is -2.30. The smallest absolute Gasteiger partial charge is 0.414 e. The number of aldehydes is 1. The summed E-state index contributed by atoms with van der Waals surface area (Å²) >= 11 is 0. The van der Waals surface area contributed by atoms with Gasteiger partial charge in [0.1, 0.15) is 30.6 Å². The molecule has 3 aromatic rings. The van der Waals surface area contributed by atoms with Crippen LogP contribution in [0, 0.1) is 0 Å². The molecule has 13 heteroatoms. The molecule has 4 rings (SSSR count). The van der Waals surface area contributed by atoms with E-state index in [0.29, 0.717) is 37.7 Å². The van der Waals surface area contributed by atoms with Crippen molar-refractivity contribution < 1.29 is 33.4 Å². The zero-order chi connectivity index (χ0) is 35.4. The maximum Gasteiger partial charge on any atom is 0.414 e. The molecule has 13 nitrogen and oxygen atoms in total. The number of carbonyl (C=O) groups excluding carboxylic acids is 5. The van der Waals surface area contributed by atoms with Crippen LogP contribution in [-0.4, -0.2) is 71.9 Å². The number of nitrogens with one attached hydrogen (secondary N) is 3. The van der Waals surface area contributed by atoms with Crippen molar-refractivity contribution in [3.8, 4) is 0 Å². The molecule has 3 aromatic carbocycles. The van der Waals surface area contributed by atoms with E-state index in [1.165, 1.54) is 4.90 Å². The average Bonchev–Trinajstić information content (AvgIpc) is 3.57. The molecule has 0 radical (unpaired) electrons. The number of nitrogens with zero attached hydrogens (tertiary/aromatic N) is 2. The molecule has 260 valence electrons. The first-order chi connectivity index (χ1) is 23.4. The van der Waals surface area contributed by atoms with Gasteiger partial charge in [-0.3, -0.25) is 19.9 Å². The average molecular weight is 673 g/mol. The number of guanidine groups is 1. The molecule has 5 N–H and O–H groups in total. The van der Waals surface area contributed by atoms with Crippen molar-refractivity contribution >= 4 is 47.0 Å². The van der Waals surface area contributed by atoms with Gasteiger partial charge in [0.15, 0.2) is 5.96 Å². The fraction of sp³-hybridized carbons (Fsp3) is 0.389. The van der Waals surface area contributed by atoms with Crippen LogP contribution in [0.2, 0.25) is 0 Å². The number of amides is 4. The molecule has 1 aliphatic heterocycles. The molecule has 1 saturated heterocycles. The van der Waals surface area contributed by atoms with Gasteiger partial charge in [0.25, 0.3) is 5.91 Å². The number of likely N-dealkylation sites (tertiary alicyclic amines) is 1. The Morgan fingerprint density at radius 3 is 2.41 bits per heavy atom. The van der Waals surface area contributed by atoms with Gasteiger partial charge in [-0.1, -0.05) is 66.7 Å². The van der Waals surface area contributed by atoms with Crippen molar-refractivity contribution in [3.63, 3.8) is 0 Å². The highest BCUT2D eigenvalue weighted by Gasteiger charge is 2.39. The third kappa shape index (κ3) is 11.1. The fourth-order valence-electron chi connectivity index (χ4n) is 5.44. The number of hydrogen-bond donors (Lipinski definition) is 4. The van der Waals surface area contributed by atoms with Gasteiger partial charge in [-0.05, 0) is 74.4 Å². The molecular weight excluding hydrogens is 628 g/mol. The molecule has 0 unspecified atom stereocenters. The Kier molecular flexibility index (Phi) is 12.7. The van der Waals surface area contributed by atoms with Crippen molar-refractivity contribution in [3.05, 3.63) is 83.9 Å². The molecule has 49 heavy (non-hydrogen) atoms. The zero-order valence-electron chi connectivity index (χ0n) is 28.0. The van der Waals surface area contributed by atoms with Crippen molar-refractivity contribution in [1.82, 2.24) is 20.9 Å². The molecule has 0 spiro atoms. The number of carbonyl (C=O) groups is 5. The van der Waals surface area contributed by atoms with E-state index in [0.717, 1.165) is 16.3 Å². The quantitative estimate of drug-likeness (QED) is 0.0960. The lowest BCUT2D eigenvalue weighted by Crippen LogP contribution is -2.52. The first-order valence-electron chi connectivity index (χ1n) is 16.3. The number of fused-ring (bicyclic) bond motifs is 1. The summed E-state index contributed by atoms with van der Waals surface area (Å²) in [4.78, 5) is 69.7. The van der Waals surface area contributed by atoms with Crippen LogP contribution in [-0.2, 0) is 30.5 Å². The molecule has 1 heterocycles. The van der Waals surface area contributed by atoms with Gasteiger partial charge in [0.05, 0.1) is 6.04 Å². The Balaban J connectivity index is 1.34. The summed E-state index contributed by atoms with van der Waals surface area (Å²) < 4.78 is 10.6. The van der Waals surface area contributed by atoms with Crippen molar-refractivity contribution in [2.24, 2.45) is 10.7 Å². The van der Waals surface area contributed by atoms with Crippen LogP contribution in [0.25, 0.3) is 10.8 Å². The summed E-state index contributed by atoms with van der Waals surface area (Å²) in [6.07, 6.45) is 0.722. The van der Waals surface area contributed by atoms with E-state index in [1.54, 1.807) is 26.8 Å². The summed E-state index contributed by atoms with van der Waals surface area (Å²) in [5, 5.41) is 9.66. The number of benzene rings is 3. The van der Waals surface area contributed by atoms with E-state index >= 15 is 0 Å². The number of rotatable bonds is 12. The fourth-order valence-corrected chi connectivity index (χ4v) is 5.44. The third-order valence-corrected chi connectivity index (χ3v) is 7.74. The van der Waals surface area contributed by atoms with Gasteiger partial charge >= 0.3 is 12.2 Å². The number of aliphatic imine (C=N–C) groups is 1. The third-order valence-electron chi connectivity index (χ3n) is 7.74. The van der Waals surface area contributed by atoms with E-state index in [2.05, 4.69) is 20.9 Å². The van der Waals surface area contributed by atoms with Crippen molar-refractivity contribution in [2.75, 3.05) is 13.1 Å². The first-order valence-corrected chi connectivity index (χ1v) is 16.3. The SMILES string of the molecule is CC(C)(C)OC(=O)N[C@@H](C(=O)N1CCC[C@H]1C(=O)N[C@H](C=O)CCCN=C(N)NC(=O)OCc1ccccc1)c1ccc2ccccc2c1. The molecule has 0 aromatic heterocycles. The number of hydrogen-bond acceptors (Lipinski definition) is 8. The van der Waals surface area contributed by atoms with Crippen LogP contribution in [0.3, 0.4) is 0 Å². The standard InChI is InChI=1S/C36H44N6O7/c1-36(2,3)49-35(47)40-30(27-18-17-25-13-7-8-14-26(25)21-27)32(45)42-20-10-16-29(42)31(44)39-28(22-43)15-9-19-38-33(37)41-34(46)48-23-24-11-5-4-6-12-24/h4-8,11-14,17-18,21-22,28-30H,9-10,15-16,19-20,23H2,1-3H3,(H,39,44)(H,40,47)(H3,37,38,41,46)/t28-,29-,30+/m0/s1. The van der Waals surface area contributed by atoms with Gasteiger partial charge in [0, 0.05) is 13.1 Å². The highest BCUT2D eigenvalue weighted by molar-refractivity contribution is 5.94. The lowest BCUT2D eigenvalue weighted by atomic mass is 10.0. The summed E-state index contributed by atoms with van der Waals surface area (Å²) in [6, 6.07) is 19.5. The second-order valence-electron chi connectivity index (χ2n) is 12.7. The van der Waals surface area contributed by atoms with Crippen LogP contribution in [0.5, 0.6) is 0 Å². The van der Waals surface area contributed by atoms with E-state index in [-0.39, 0.29) is 25.5 Å². The molecule has 3 atom stereocenters. The monoisotopic (exact) mass is 672 g/mol. The van der Waals surface area contributed by atoms with Crippen LogP contribution < -0.4 is 21.7 Å². The van der Waals surface area contributed by atoms with Gasteiger partial charge < -0.3 is 35.5 Å². The second-order valence-corrected chi connectivity index (χ2v) is 12.7. The Morgan fingerprint density at radius 2 is 1.69 bits per heavy atom.